The Morgan fingerprint density at radius 1 is 1.82 bits per heavy atom. The van der Waals surface area contributed by atoms with Gasteiger partial charge >= 0.3 is 0 Å². The number of nitrogens with one attached hydrogen (secondary N) is 1. The molecule has 0 fully saturated rings. The molecular weight excluding hydrogens is 164 g/mol. The lowest BCUT2D eigenvalue weighted by Crippen LogP contribution is -2.30. The zero-order valence-electron chi connectivity index (χ0n) is 6.43. The smallest absolute Gasteiger partial charge is 0.237 e. The van der Waals surface area contributed by atoms with E-state index >= 15 is 0 Å². The molecule has 1 unspecified atom stereocenters. The summed E-state index contributed by atoms with van der Waals surface area (Å²) in [5.41, 5.74) is 0. The number of nitrogens with zero attached hydrogens (tertiary/aromatic N) is 1. The third-order valence-electron chi connectivity index (χ3n) is 1.13. The van der Waals surface area contributed by atoms with Crippen molar-refractivity contribution in [2.24, 2.45) is 0 Å². The average molecular weight is 175 g/mol. The SMILES string of the molecule is CC(Cl)C(=O)NCCCC#N. The molecule has 0 heterocycles. The lowest BCUT2D eigenvalue weighted by Gasteiger charge is -2.03. The van der Waals surface area contributed by atoms with Gasteiger partial charge in [-0.3, -0.25) is 4.79 Å². The van der Waals surface area contributed by atoms with Gasteiger partial charge in [-0.2, -0.15) is 5.26 Å². The van der Waals surface area contributed by atoms with Crippen LogP contribution in [0, 0.1) is 11.3 Å². The van der Waals surface area contributed by atoms with Crippen molar-refractivity contribution in [3.05, 3.63) is 0 Å². The molecule has 11 heavy (non-hydrogen) atoms. The summed E-state index contributed by atoms with van der Waals surface area (Å²) in [7, 11) is 0. The van der Waals surface area contributed by atoms with Gasteiger partial charge in [-0.25, -0.2) is 0 Å². The highest BCUT2D eigenvalue weighted by Crippen LogP contribution is 1.92. The number of alkyl halides is 1. The van der Waals surface area contributed by atoms with Crippen LogP contribution in [0.1, 0.15) is 19.8 Å². The van der Waals surface area contributed by atoms with Gasteiger partial charge in [0, 0.05) is 13.0 Å². The first-order chi connectivity index (χ1) is 5.18. The zero-order chi connectivity index (χ0) is 8.69. The van der Waals surface area contributed by atoms with E-state index in [4.69, 9.17) is 16.9 Å². The predicted molar refractivity (Wildman–Crippen MR) is 43.2 cm³/mol. The average Bonchev–Trinajstić information content (AvgIpc) is 1.97. The first-order valence-corrected chi connectivity index (χ1v) is 3.91. The monoisotopic (exact) mass is 174 g/mol. The third-order valence-corrected chi connectivity index (χ3v) is 1.32. The molecule has 0 radical (unpaired) electrons. The summed E-state index contributed by atoms with van der Waals surface area (Å²) >= 11 is 5.46. The minimum atomic E-state index is -0.489. The number of hydrogen-bond acceptors (Lipinski definition) is 2. The van der Waals surface area contributed by atoms with E-state index in [1.54, 1.807) is 6.92 Å². The molecule has 62 valence electrons. The summed E-state index contributed by atoms with van der Waals surface area (Å²) in [6, 6.07) is 1.99. The Hall–Kier alpha value is -0.750. The molecule has 0 aromatic carbocycles. The molecule has 0 saturated heterocycles. The second-order valence-electron chi connectivity index (χ2n) is 2.17. The summed E-state index contributed by atoms with van der Waals surface area (Å²) in [5, 5.41) is 10.3. The molecule has 4 heteroatoms. The molecule has 0 rings (SSSR count). The summed E-state index contributed by atoms with van der Waals surface area (Å²) in [6.45, 7) is 2.14. The molecule has 0 bridgehead atoms. The minimum Gasteiger partial charge on any atom is -0.355 e. The van der Waals surface area contributed by atoms with Crippen molar-refractivity contribution in [1.82, 2.24) is 5.32 Å². The van der Waals surface area contributed by atoms with Gasteiger partial charge in [0.1, 0.15) is 5.38 Å². The number of unbranched alkanes of at least 4 members (excludes halogenated alkanes) is 1. The van der Waals surface area contributed by atoms with Crippen molar-refractivity contribution in [3.63, 3.8) is 0 Å². The van der Waals surface area contributed by atoms with Crippen molar-refractivity contribution in [3.8, 4) is 6.07 Å². The molecule has 0 aromatic heterocycles. The van der Waals surface area contributed by atoms with E-state index in [2.05, 4.69) is 5.32 Å². The molecule has 1 amide bonds. The van der Waals surface area contributed by atoms with Crippen LogP contribution in [0.3, 0.4) is 0 Å². The second kappa shape index (κ2) is 5.99. The Balaban J connectivity index is 3.26. The molecule has 0 spiro atoms. The number of hydrogen-bond donors (Lipinski definition) is 1. The van der Waals surface area contributed by atoms with Crippen LogP contribution < -0.4 is 5.32 Å². The number of rotatable bonds is 4. The van der Waals surface area contributed by atoms with Crippen LogP contribution >= 0.6 is 11.6 Å². The van der Waals surface area contributed by atoms with E-state index in [1.165, 1.54) is 0 Å². The van der Waals surface area contributed by atoms with Crippen LogP contribution in [0.5, 0.6) is 0 Å². The molecule has 0 saturated carbocycles. The number of amides is 1. The Morgan fingerprint density at radius 2 is 2.45 bits per heavy atom. The van der Waals surface area contributed by atoms with Crippen molar-refractivity contribution in [2.45, 2.75) is 25.1 Å². The highest BCUT2D eigenvalue weighted by molar-refractivity contribution is 6.30. The Morgan fingerprint density at radius 3 is 2.91 bits per heavy atom. The topological polar surface area (TPSA) is 52.9 Å². The molecule has 1 N–H and O–H groups in total. The van der Waals surface area contributed by atoms with E-state index in [0.717, 1.165) is 0 Å². The van der Waals surface area contributed by atoms with Crippen LogP contribution in [0.4, 0.5) is 0 Å². The maximum absolute atomic E-state index is 10.8. The minimum absolute atomic E-state index is 0.176. The number of carbonyl (C=O) groups excluding carboxylic acids is 1. The fourth-order valence-electron chi connectivity index (χ4n) is 0.520. The van der Waals surface area contributed by atoms with Gasteiger partial charge in [0.05, 0.1) is 6.07 Å². The first kappa shape index (κ1) is 10.2. The quantitative estimate of drug-likeness (QED) is 0.512. The van der Waals surface area contributed by atoms with E-state index in [0.29, 0.717) is 19.4 Å². The molecule has 1 atom stereocenters. The molecule has 0 aliphatic rings. The van der Waals surface area contributed by atoms with E-state index < -0.39 is 5.38 Å². The summed E-state index contributed by atoms with van der Waals surface area (Å²) in [6.07, 6.45) is 1.16. The van der Waals surface area contributed by atoms with E-state index in [-0.39, 0.29) is 5.91 Å². The van der Waals surface area contributed by atoms with Crippen molar-refractivity contribution >= 4 is 17.5 Å². The van der Waals surface area contributed by atoms with Crippen molar-refractivity contribution in [2.75, 3.05) is 6.54 Å². The van der Waals surface area contributed by atoms with Crippen LogP contribution in [-0.2, 0) is 4.79 Å². The largest absolute Gasteiger partial charge is 0.355 e. The zero-order valence-corrected chi connectivity index (χ0v) is 7.19. The maximum Gasteiger partial charge on any atom is 0.237 e. The van der Waals surface area contributed by atoms with Gasteiger partial charge < -0.3 is 5.32 Å². The van der Waals surface area contributed by atoms with Gasteiger partial charge in [0.2, 0.25) is 5.91 Å². The van der Waals surface area contributed by atoms with Gasteiger partial charge in [0.15, 0.2) is 0 Å². The molecule has 0 aromatic rings. The molecular formula is C7H11ClN2O. The number of nitriles is 1. The van der Waals surface area contributed by atoms with Crippen LogP contribution in [0.25, 0.3) is 0 Å². The van der Waals surface area contributed by atoms with Gasteiger partial charge in [0.25, 0.3) is 0 Å². The van der Waals surface area contributed by atoms with Gasteiger partial charge in [-0.15, -0.1) is 11.6 Å². The summed E-state index contributed by atoms with van der Waals surface area (Å²) in [4.78, 5) is 10.8. The summed E-state index contributed by atoms with van der Waals surface area (Å²) in [5.74, 6) is -0.176. The van der Waals surface area contributed by atoms with Crippen LogP contribution in [0.2, 0.25) is 0 Å². The normalized spacial score (nSPS) is 11.7. The van der Waals surface area contributed by atoms with Crippen molar-refractivity contribution in [1.29, 1.82) is 5.26 Å². The Kier molecular flexibility index (Phi) is 5.58. The van der Waals surface area contributed by atoms with E-state index in [1.807, 2.05) is 6.07 Å². The predicted octanol–water partition coefficient (Wildman–Crippen LogP) is 1.03. The maximum atomic E-state index is 10.8. The molecule has 3 nitrogen and oxygen atoms in total. The second-order valence-corrected chi connectivity index (χ2v) is 2.82. The number of halogens is 1. The molecule has 0 aliphatic heterocycles. The summed E-state index contributed by atoms with van der Waals surface area (Å²) < 4.78 is 0. The van der Waals surface area contributed by atoms with Crippen LogP contribution in [0.15, 0.2) is 0 Å². The fourth-order valence-corrected chi connectivity index (χ4v) is 0.597. The Labute approximate surface area is 71.3 Å². The first-order valence-electron chi connectivity index (χ1n) is 3.47. The lowest BCUT2D eigenvalue weighted by molar-refractivity contribution is -0.120. The fraction of sp³-hybridized carbons (Fsp3) is 0.714. The standard InChI is InChI=1S/C7H11ClN2O/c1-6(8)7(11)10-5-3-2-4-9/h6H,2-3,5H2,1H3,(H,10,11). The molecule has 0 aliphatic carbocycles. The van der Waals surface area contributed by atoms with E-state index in [9.17, 15) is 4.79 Å². The highest BCUT2D eigenvalue weighted by Gasteiger charge is 2.06. The van der Waals surface area contributed by atoms with Crippen molar-refractivity contribution < 1.29 is 4.79 Å². The third kappa shape index (κ3) is 5.68. The number of carbonyl (C=O) groups is 1. The van der Waals surface area contributed by atoms with Gasteiger partial charge in [-0.1, -0.05) is 0 Å². The lowest BCUT2D eigenvalue weighted by atomic mass is 10.3. The highest BCUT2D eigenvalue weighted by atomic mass is 35.5. The van der Waals surface area contributed by atoms with Gasteiger partial charge in [-0.05, 0) is 13.3 Å². The van der Waals surface area contributed by atoms with Crippen LogP contribution in [-0.4, -0.2) is 17.8 Å². The Bertz CT molecular complexity index is 162.